The highest BCUT2D eigenvalue weighted by atomic mass is 32.1. The molecule has 0 unspecified atom stereocenters. The minimum atomic E-state index is -0.581. The van der Waals surface area contributed by atoms with Crippen LogP contribution < -0.4 is 15.0 Å². The summed E-state index contributed by atoms with van der Waals surface area (Å²) >= 11 is 1.49. The standard InChI is InChI=1S/C19H26N4O5S/c1-6-22-14-8-7-12(9-15(14)29-16(22)21-26-5)23-11-13(27-18(23)25)10-20-17(24)28-19(2,3)4/h7-9,13H,6,10-11H2,1-5H3,(H,20,24)/t13-/m0/s1. The third-order valence-electron chi connectivity index (χ3n) is 4.21. The Kier molecular flexibility index (Phi) is 6.02. The number of amides is 2. The second kappa shape index (κ2) is 8.32. The predicted octanol–water partition coefficient (Wildman–Crippen LogP) is 3.03. The Morgan fingerprint density at radius 2 is 2.17 bits per heavy atom. The number of fused-ring (bicyclic) bond motifs is 1. The number of nitrogens with zero attached hydrogens (tertiary/aromatic N) is 3. The van der Waals surface area contributed by atoms with Crippen molar-refractivity contribution in [1.29, 1.82) is 0 Å². The smallest absolute Gasteiger partial charge is 0.414 e. The molecule has 1 N–H and O–H groups in total. The maximum absolute atomic E-state index is 12.3. The third kappa shape index (κ3) is 4.81. The Balaban J connectivity index is 1.72. The van der Waals surface area contributed by atoms with Crippen molar-refractivity contribution in [2.24, 2.45) is 5.16 Å². The van der Waals surface area contributed by atoms with E-state index in [-0.39, 0.29) is 6.54 Å². The Hall–Kier alpha value is -2.75. The summed E-state index contributed by atoms with van der Waals surface area (Å²) < 4.78 is 13.6. The summed E-state index contributed by atoms with van der Waals surface area (Å²) in [4.78, 5) is 31.4. The number of aromatic nitrogens is 1. The monoisotopic (exact) mass is 422 g/mol. The fourth-order valence-electron chi connectivity index (χ4n) is 3.03. The molecular weight excluding hydrogens is 396 g/mol. The van der Waals surface area contributed by atoms with Crippen LogP contribution in [0, 0.1) is 0 Å². The second-order valence-electron chi connectivity index (χ2n) is 7.55. The molecule has 29 heavy (non-hydrogen) atoms. The summed E-state index contributed by atoms with van der Waals surface area (Å²) in [6, 6.07) is 5.77. The number of carbonyl (C=O) groups is 2. The molecule has 0 bridgehead atoms. The molecule has 0 radical (unpaired) electrons. The lowest BCUT2D eigenvalue weighted by atomic mass is 10.2. The SMILES string of the molecule is CCn1c(=NOC)sc2cc(N3C[C@H](CNC(=O)OC(C)(C)C)OC3=O)ccc21. The number of aryl methyl sites for hydroxylation is 1. The second-order valence-corrected chi connectivity index (χ2v) is 8.56. The van der Waals surface area contributed by atoms with E-state index in [4.69, 9.17) is 14.3 Å². The fourth-order valence-corrected chi connectivity index (χ4v) is 4.14. The van der Waals surface area contributed by atoms with Crippen LogP contribution in [-0.2, 0) is 20.9 Å². The van der Waals surface area contributed by atoms with Crippen molar-refractivity contribution in [3.63, 3.8) is 0 Å². The Morgan fingerprint density at radius 1 is 1.41 bits per heavy atom. The topological polar surface area (TPSA) is 94.4 Å². The normalized spacial score (nSPS) is 17.6. The first-order chi connectivity index (χ1) is 13.7. The van der Waals surface area contributed by atoms with Gasteiger partial charge in [-0.3, -0.25) is 4.90 Å². The van der Waals surface area contributed by atoms with Crippen molar-refractivity contribution in [3.05, 3.63) is 23.0 Å². The van der Waals surface area contributed by atoms with Crippen LogP contribution in [0.3, 0.4) is 0 Å². The largest absolute Gasteiger partial charge is 0.444 e. The van der Waals surface area contributed by atoms with Gasteiger partial charge in [-0.2, -0.15) is 0 Å². The van der Waals surface area contributed by atoms with E-state index in [0.717, 1.165) is 27.3 Å². The fraction of sp³-hybridized carbons (Fsp3) is 0.526. The number of ether oxygens (including phenoxy) is 2. The molecule has 1 aromatic heterocycles. The summed E-state index contributed by atoms with van der Waals surface area (Å²) in [7, 11) is 1.52. The van der Waals surface area contributed by atoms with Crippen LogP contribution in [0.1, 0.15) is 27.7 Å². The molecule has 1 aliphatic heterocycles. The molecule has 1 saturated heterocycles. The van der Waals surface area contributed by atoms with Crippen molar-refractivity contribution in [1.82, 2.24) is 9.88 Å². The van der Waals surface area contributed by atoms with E-state index >= 15 is 0 Å². The van der Waals surface area contributed by atoms with Gasteiger partial charge >= 0.3 is 12.2 Å². The van der Waals surface area contributed by atoms with E-state index < -0.39 is 23.9 Å². The van der Waals surface area contributed by atoms with Crippen molar-refractivity contribution in [3.8, 4) is 0 Å². The molecule has 1 fully saturated rings. The van der Waals surface area contributed by atoms with Crippen LogP contribution in [0.4, 0.5) is 15.3 Å². The molecule has 1 aliphatic rings. The summed E-state index contributed by atoms with van der Waals surface area (Å²) in [5, 5.41) is 6.70. The molecule has 0 saturated carbocycles. The van der Waals surface area contributed by atoms with E-state index in [1.165, 1.54) is 18.4 Å². The lowest BCUT2D eigenvalue weighted by molar-refractivity contribution is 0.0496. The zero-order valence-electron chi connectivity index (χ0n) is 17.2. The van der Waals surface area contributed by atoms with Crippen molar-refractivity contribution < 1.29 is 23.9 Å². The van der Waals surface area contributed by atoms with Gasteiger partial charge in [0.2, 0.25) is 4.80 Å². The van der Waals surface area contributed by atoms with Gasteiger partial charge < -0.3 is 24.2 Å². The molecule has 3 rings (SSSR count). The first kappa shape index (κ1) is 21.0. The number of alkyl carbamates (subject to hydrolysis) is 1. The highest BCUT2D eigenvalue weighted by Crippen LogP contribution is 2.27. The maximum atomic E-state index is 12.3. The molecule has 0 aliphatic carbocycles. The summed E-state index contributed by atoms with van der Waals surface area (Å²) in [5.41, 5.74) is 1.17. The molecule has 1 aromatic carbocycles. The molecule has 158 valence electrons. The van der Waals surface area contributed by atoms with Crippen LogP contribution in [0.2, 0.25) is 0 Å². The maximum Gasteiger partial charge on any atom is 0.414 e. The predicted molar refractivity (Wildman–Crippen MR) is 110 cm³/mol. The van der Waals surface area contributed by atoms with Gasteiger partial charge in [0.15, 0.2) is 0 Å². The highest BCUT2D eigenvalue weighted by molar-refractivity contribution is 7.16. The van der Waals surface area contributed by atoms with Gasteiger partial charge in [-0.05, 0) is 45.9 Å². The number of nitrogens with one attached hydrogen (secondary N) is 1. The number of carbonyl (C=O) groups excluding carboxylic acids is 2. The summed E-state index contributed by atoms with van der Waals surface area (Å²) in [5.74, 6) is 0. The van der Waals surface area contributed by atoms with Crippen LogP contribution >= 0.6 is 11.3 Å². The van der Waals surface area contributed by atoms with Crippen LogP contribution in [0.25, 0.3) is 10.2 Å². The Labute approximate surface area is 172 Å². The molecule has 2 aromatic rings. The van der Waals surface area contributed by atoms with Gasteiger partial charge in [0.25, 0.3) is 0 Å². The zero-order valence-corrected chi connectivity index (χ0v) is 18.0. The third-order valence-corrected chi connectivity index (χ3v) is 5.24. The van der Waals surface area contributed by atoms with Crippen LogP contribution in [0.5, 0.6) is 0 Å². The average molecular weight is 423 g/mol. The Morgan fingerprint density at radius 3 is 2.83 bits per heavy atom. The highest BCUT2D eigenvalue weighted by Gasteiger charge is 2.33. The molecular formula is C19H26N4O5S. The number of cyclic esters (lactones) is 1. The molecule has 9 nitrogen and oxygen atoms in total. The van der Waals surface area contributed by atoms with Crippen molar-refractivity contribution in [2.75, 3.05) is 25.1 Å². The van der Waals surface area contributed by atoms with E-state index in [1.807, 2.05) is 29.7 Å². The number of anilines is 1. The molecule has 10 heteroatoms. The van der Waals surface area contributed by atoms with Crippen molar-refractivity contribution >= 4 is 39.4 Å². The lowest BCUT2D eigenvalue weighted by Gasteiger charge is -2.20. The lowest BCUT2D eigenvalue weighted by Crippen LogP contribution is -2.38. The first-order valence-corrected chi connectivity index (χ1v) is 10.2. The minimum absolute atomic E-state index is 0.186. The Bertz CT molecular complexity index is 975. The first-order valence-electron chi connectivity index (χ1n) is 9.37. The van der Waals surface area contributed by atoms with Crippen LogP contribution in [0.15, 0.2) is 23.4 Å². The van der Waals surface area contributed by atoms with Gasteiger partial charge in [0.05, 0.1) is 23.3 Å². The van der Waals surface area contributed by atoms with E-state index in [2.05, 4.69) is 10.5 Å². The van der Waals surface area contributed by atoms with Gasteiger partial charge in [-0.25, -0.2) is 9.59 Å². The number of thiazole rings is 1. The molecule has 2 amide bonds. The number of hydrogen-bond donors (Lipinski definition) is 1. The van der Waals surface area contributed by atoms with E-state index in [9.17, 15) is 9.59 Å². The van der Waals surface area contributed by atoms with Gasteiger partial charge in [0, 0.05) is 12.2 Å². The van der Waals surface area contributed by atoms with E-state index in [1.54, 1.807) is 25.7 Å². The number of rotatable bonds is 5. The zero-order chi connectivity index (χ0) is 21.2. The quantitative estimate of drug-likeness (QED) is 0.748. The molecule has 1 atom stereocenters. The van der Waals surface area contributed by atoms with Crippen LogP contribution in [-0.4, -0.2) is 48.7 Å². The number of hydrogen-bond acceptors (Lipinski definition) is 7. The van der Waals surface area contributed by atoms with Crippen molar-refractivity contribution in [2.45, 2.75) is 45.9 Å². The van der Waals surface area contributed by atoms with Gasteiger partial charge in [0.1, 0.15) is 18.8 Å². The molecule has 2 heterocycles. The summed E-state index contributed by atoms with van der Waals surface area (Å²) in [6.45, 7) is 8.69. The average Bonchev–Trinajstić information content (AvgIpc) is 3.17. The van der Waals surface area contributed by atoms with Gasteiger partial charge in [-0.15, -0.1) is 0 Å². The minimum Gasteiger partial charge on any atom is -0.444 e. The number of benzene rings is 1. The van der Waals surface area contributed by atoms with Gasteiger partial charge in [-0.1, -0.05) is 16.5 Å². The summed E-state index contributed by atoms with van der Waals surface area (Å²) in [6.07, 6.45) is -1.43. The molecule has 0 spiro atoms. The van der Waals surface area contributed by atoms with E-state index in [0.29, 0.717) is 6.54 Å².